The molecule has 0 saturated heterocycles. The van der Waals surface area contributed by atoms with Gasteiger partial charge in [-0.05, 0) is 17.7 Å². The molecular weight excluding hydrogens is 221 g/mol. The third kappa shape index (κ3) is 3.14. The molecule has 0 fully saturated rings. The van der Waals surface area contributed by atoms with E-state index in [4.69, 9.17) is 4.74 Å². The maximum absolute atomic E-state index is 12.6. The van der Waals surface area contributed by atoms with Gasteiger partial charge < -0.3 is 10.1 Å². The summed E-state index contributed by atoms with van der Waals surface area (Å²) in [6.07, 6.45) is 2.26. The second-order valence-electron chi connectivity index (χ2n) is 3.43. The summed E-state index contributed by atoms with van der Waals surface area (Å²) >= 11 is 0. The smallest absolute Gasteiger partial charge is 0.223 e. The largest absolute Gasteiger partial charge is 0.497 e. The quantitative estimate of drug-likeness (QED) is 0.879. The van der Waals surface area contributed by atoms with Gasteiger partial charge in [0.2, 0.25) is 5.95 Å². The van der Waals surface area contributed by atoms with Crippen molar-refractivity contribution in [3.05, 3.63) is 48.0 Å². The number of rotatable bonds is 4. The fraction of sp³-hybridized carbons (Fsp3) is 0.167. The fourth-order valence-corrected chi connectivity index (χ4v) is 1.33. The number of nitrogens with zero attached hydrogens (tertiary/aromatic N) is 2. The normalized spacial score (nSPS) is 10.0. The molecule has 0 atom stereocenters. The number of aromatic nitrogens is 2. The van der Waals surface area contributed by atoms with Crippen molar-refractivity contribution in [3.8, 4) is 5.75 Å². The molecule has 1 heterocycles. The van der Waals surface area contributed by atoms with E-state index in [0.717, 1.165) is 23.7 Å². The van der Waals surface area contributed by atoms with E-state index >= 15 is 0 Å². The molecule has 0 aliphatic carbocycles. The van der Waals surface area contributed by atoms with Crippen LogP contribution in [0, 0.1) is 5.82 Å². The number of ether oxygens (including phenoxy) is 1. The minimum atomic E-state index is -0.444. The van der Waals surface area contributed by atoms with Crippen LogP contribution < -0.4 is 10.1 Å². The summed E-state index contributed by atoms with van der Waals surface area (Å²) in [5, 5.41) is 3.00. The molecule has 4 nitrogen and oxygen atoms in total. The minimum Gasteiger partial charge on any atom is -0.497 e. The zero-order valence-corrected chi connectivity index (χ0v) is 9.35. The van der Waals surface area contributed by atoms with Crippen LogP contribution in [-0.2, 0) is 6.54 Å². The lowest BCUT2D eigenvalue weighted by Crippen LogP contribution is -2.03. The van der Waals surface area contributed by atoms with Crippen molar-refractivity contribution in [1.82, 2.24) is 9.97 Å². The highest BCUT2D eigenvalue weighted by molar-refractivity contribution is 5.31. The molecule has 0 amide bonds. The molecule has 0 aliphatic heterocycles. The molecule has 0 saturated carbocycles. The van der Waals surface area contributed by atoms with Gasteiger partial charge in [-0.2, -0.15) is 0 Å². The van der Waals surface area contributed by atoms with E-state index < -0.39 is 5.82 Å². The van der Waals surface area contributed by atoms with Gasteiger partial charge in [-0.25, -0.2) is 14.4 Å². The van der Waals surface area contributed by atoms with E-state index in [9.17, 15) is 4.39 Å². The van der Waals surface area contributed by atoms with Crippen LogP contribution in [0.25, 0.3) is 0 Å². The second kappa shape index (κ2) is 5.25. The maximum atomic E-state index is 12.6. The number of hydrogen-bond donors (Lipinski definition) is 1. The molecule has 0 radical (unpaired) electrons. The number of hydrogen-bond acceptors (Lipinski definition) is 4. The van der Waals surface area contributed by atoms with Crippen molar-refractivity contribution in [2.24, 2.45) is 0 Å². The minimum absolute atomic E-state index is 0.405. The van der Waals surface area contributed by atoms with E-state index in [2.05, 4.69) is 15.3 Å². The highest BCUT2D eigenvalue weighted by Crippen LogP contribution is 2.12. The standard InChI is InChI=1S/C12H12FN3O/c1-17-11-4-2-9(3-5-11)6-14-12-15-7-10(13)8-16-12/h2-5,7-8H,6H2,1H3,(H,14,15,16). The Bertz CT molecular complexity index is 470. The van der Waals surface area contributed by atoms with Gasteiger partial charge in [-0.15, -0.1) is 0 Å². The van der Waals surface area contributed by atoms with E-state index in [1.165, 1.54) is 0 Å². The van der Waals surface area contributed by atoms with Gasteiger partial charge in [0, 0.05) is 6.54 Å². The van der Waals surface area contributed by atoms with Gasteiger partial charge in [0.05, 0.1) is 19.5 Å². The topological polar surface area (TPSA) is 47.0 Å². The molecule has 0 aliphatic rings. The zero-order chi connectivity index (χ0) is 12.1. The molecule has 1 aromatic carbocycles. The van der Waals surface area contributed by atoms with Crippen LogP contribution in [0.2, 0.25) is 0 Å². The molecule has 88 valence electrons. The number of nitrogens with one attached hydrogen (secondary N) is 1. The van der Waals surface area contributed by atoms with Crippen LogP contribution in [0.3, 0.4) is 0 Å². The molecule has 1 aromatic heterocycles. The third-order valence-corrected chi connectivity index (χ3v) is 2.23. The van der Waals surface area contributed by atoms with Crippen LogP contribution >= 0.6 is 0 Å². The number of anilines is 1. The molecule has 0 unspecified atom stereocenters. The van der Waals surface area contributed by atoms with Crippen molar-refractivity contribution in [3.63, 3.8) is 0 Å². The Morgan fingerprint density at radius 3 is 2.41 bits per heavy atom. The third-order valence-electron chi connectivity index (χ3n) is 2.23. The van der Waals surface area contributed by atoms with E-state index in [1.54, 1.807) is 7.11 Å². The Balaban J connectivity index is 1.95. The molecule has 0 spiro atoms. The summed E-state index contributed by atoms with van der Waals surface area (Å²) in [5.74, 6) is 0.772. The number of methoxy groups -OCH3 is 1. The Morgan fingerprint density at radius 2 is 1.82 bits per heavy atom. The van der Waals surface area contributed by atoms with Gasteiger partial charge in [0.1, 0.15) is 5.75 Å². The average Bonchev–Trinajstić information content (AvgIpc) is 2.39. The van der Waals surface area contributed by atoms with E-state index in [1.807, 2.05) is 24.3 Å². The monoisotopic (exact) mass is 233 g/mol. The lowest BCUT2D eigenvalue weighted by atomic mass is 10.2. The van der Waals surface area contributed by atoms with Crippen LogP contribution in [0.15, 0.2) is 36.7 Å². The summed E-state index contributed by atoms with van der Waals surface area (Å²) in [5.41, 5.74) is 1.07. The van der Waals surface area contributed by atoms with Crippen molar-refractivity contribution in [2.75, 3.05) is 12.4 Å². The second-order valence-corrected chi connectivity index (χ2v) is 3.43. The first-order valence-corrected chi connectivity index (χ1v) is 5.12. The van der Waals surface area contributed by atoms with Crippen molar-refractivity contribution >= 4 is 5.95 Å². The summed E-state index contributed by atoms with van der Waals surface area (Å²) in [4.78, 5) is 7.61. The molecule has 2 aromatic rings. The zero-order valence-electron chi connectivity index (χ0n) is 9.35. The van der Waals surface area contributed by atoms with Gasteiger partial charge in [-0.3, -0.25) is 0 Å². The lowest BCUT2D eigenvalue weighted by molar-refractivity contribution is 0.414. The Labute approximate surface area is 98.5 Å². The Morgan fingerprint density at radius 1 is 1.18 bits per heavy atom. The molecule has 0 bridgehead atoms. The van der Waals surface area contributed by atoms with Gasteiger partial charge >= 0.3 is 0 Å². The van der Waals surface area contributed by atoms with Gasteiger partial charge in [0.15, 0.2) is 5.82 Å². The summed E-state index contributed by atoms with van der Waals surface area (Å²) < 4.78 is 17.6. The van der Waals surface area contributed by atoms with Crippen LogP contribution in [0.1, 0.15) is 5.56 Å². The summed E-state index contributed by atoms with van der Waals surface area (Å²) in [7, 11) is 1.62. The average molecular weight is 233 g/mol. The first-order valence-electron chi connectivity index (χ1n) is 5.12. The van der Waals surface area contributed by atoms with Gasteiger partial charge in [0.25, 0.3) is 0 Å². The highest BCUT2D eigenvalue weighted by atomic mass is 19.1. The lowest BCUT2D eigenvalue weighted by Gasteiger charge is -2.05. The molecule has 5 heteroatoms. The van der Waals surface area contributed by atoms with Crippen molar-refractivity contribution < 1.29 is 9.13 Å². The fourth-order valence-electron chi connectivity index (χ4n) is 1.33. The summed E-state index contributed by atoms with van der Waals surface area (Å²) in [6.45, 7) is 0.579. The first-order chi connectivity index (χ1) is 8.28. The van der Waals surface area contributed by atoms with E-state index in [0.29, 0.717) is 12.5 Å². The van der Waals surface area contributed by atoms with E-state index in [-0.39, 0.29) is 0 Å². The highest BCUT2D eigenvalue weighted by Gasteiger charge is 1.98. The number of halogens is 1. The van der Waals surface area contributed by atoms with Gasteiger partial charge in [-0.1, -0.05) is 12.1 Å². The Hall–Kier alpha value is -2.17. The molecule has 1 N–H and O–H groups in total. The summed E-state index contributed by atoms with van der Waals surface area (Å²) in [6, 6.07) is 7.63. The van der Waals surface area contributed by atoms with Crippen molar-refractivity contribution in [2.45, 2.75) is 6.54 Å². The predicted molar refractivity (Wildman–Crippen MR) is 62.3 cm³/mol. The molecule has 2 rings (SSSR count). The maximum Gasteiger partial charge on any atom is 0.223 e. The SMILES string of the molecule is COc1ccc(CNc2ncc(F)cn2)cc1. The van der Waals surface area contributed by atoms with Crippen LogP contribution in [-0.4, -0.2) is 17.1 Å². The van der Waals surface area contributed by atoms with Crippen LogP contribution in [0.4, 0.5) is 10.3 Å². The Kier molecular flexibility index (Phi) is 3.49. The predicted octanol–water partition coefficient (Wildman–Crippen LogP) is 2.24. The van der Waals surface area contributed by atoms with Crippen LogP contribution in [0.5, 0.6) is 5.75 Å². The number of benzene rings is 1. The van der Waals surface area contributed by atoms with Crippen molar-refractivity contribution in [1.29, 1.82) is 0 Å². The molecule has 17 heavy (non-hydrogen) atoms. The first kappa shape index (κ1) is 11.3. The molecular formula is C12H12FN3O.